The van der Waals surface area contributed by atoms with Crippen LogP contribution in [0, 0.1) is 6.92 Å². The summed E-state index contributed by atoms with van der Waals surface area (Å²) in [6, 6.07) is 13.6. The zero-order valence-corrected chi connectivity index (χ0v) is 17.4. The fourth-order valence-corrected chi connectivity index (χ4v) is 4.12. The van der Waals surface area contributed by atoms with Crippen LogP contribution in [0.4, 0.5) is 5.69 Å². The summed E-state index contributed by atoms with van der Waals surface area (Å²) in [5.74, 6) is -0.189. The molecule has 1 saturated heterocycles. The molecule has 0 N–H and O–H groups in total. The minimum atomic E-state index is -0.189. The van der Waals surface area contributed by atoms with Gasteiger partial charge in [0.05, 0.1) is 5.52 Å². The molecular weight excluding hydrogens is 386 g/mol. The van der Waals surface area contributed by atoms with Gasteiger partial charge < -0.3 is 14.4 Å². The molecule has 29 heavy (non-hydrogen) atoms. The molecule has 1 fully saturated rings. The number of aromatic nitrogens is 1. The number of hydrogen-bond acceptors (Lipinski definition) is 3. The molecule has 1 aliphatic heterocycles. The molecule has 150 valence electrons. The molecule has 0 bridgehead atoms. The van der Waals surface area contributed by atoms with Crippen molar-refractivity contribution in [3.8, 4) is 0 Å². The van der Waals surface area contributed by atoms with E-state index in [9.17, 15) is 9.59 Å². The first kappa shape index (κ1) is 19.5. The monoisotopic (exact) mass is 409 g/mol. The largest absolute Gasteiger partial charge is 0.368 e. The zero-order chi connectivity index (χ0) is 20.5. The number of benzene rings is 2. The summed E-state index contributed by atoms with van der Waals surface area (Å²) in [5, 5.41) is 1.31. The summed E-state index contributed by atoms with van der Waals surface area (Å²) in [7, 11) is 0. The van der Waals surface area contributed by atoms with E-state index in [0.717, 1.165) is 16.8 Å². The predicted molar refractivity (Wildman–Crippen MR) is 118 cm³/mol. The van der Waals surface area contributed by atoms with Crippen LogP contribution in [0.25, 0.3) is 10.9 Å². The van der Waals surface area contributed by atoms with E-state index in [1.807, 2.05) is 60.9 Å². The lowest BCUT2D eigenvalue weighted by atomic mass is 10.1. The maximum atomic E-state index is 13.2. The van der Waals surface area contributed by atoms with Crippen LogP contribution >= 0.6 is 11.6 Å². The number of piperazine rings is 1. The number of carbonyl (C=O) groups excluding carboxylic acids is 1. The van der Waals surface area contributed by atoms with Crippen LogP contribution in [-0.4, -0.2) is 41.6 Å². The van der Waals surface area contributed by atoms with E-state index < -0.39 is 0 Å². The Morgan fingerprint density at radius 2 is 1.83 bits per heavy atom. The number of anilines is 1. The van der Waals surface area contributed by atoms with Gasteiger partial charge in [0.2, 0.25) is 5.43 Å². The Balaban J connectivity index is 1.60. The van der Waals surface area contributed by atoms with Gasteiger partial charge in [0.25, 0.3) is 5.91 Å². The van der Waals surface area contributed by atoms with E-state index in [1.54, 1.807) is 11.1 Å². The van der Waals surface area contributed by atoms with Gasteiger partial charge in [-0.3, -0.25) is 9.59 Å². The second-order valence-electron chi connectivity index (χ2n) is 7.44. The number of hydrogen-bond donors (Lipinski definition) is 0. The third-order valence-corrected chi connectivity index (χ3v) is 5.78. The second-order valence-corrected chi connectivity index (χ2v) is 7.87. The van der Waals surface area contributed by atoms with Gasteiger partial charge in [-0.25, -0.2) is 0 Å². The van der Waals surface area contributed by atoms with Crippen LogP contribution in [0.1, 0.15) is 22.8 Å². The molecule has 1 aromatic heterocycles. The molecule has 0 radical (unpaired) electrons. The topological polar surface area (TPSA) is 45.6 Å². The highest BCUT2D eigenvalue weighted by Crippen LogP contribution is 2.21. The highest BCUT2D eigenvalue weighted by Gasteiger charge is 2.25. The lowest BCUT2D eigenvalue weighted by Crippen LogP contribution is -2.49. The average molecular weight is 410 g/mol. The van der Waals surface area contributed by atoms with Gasteiger partial charge in [0.1, 0.15) is 5.56 Å². The van der Waals surface area contributed by atoms with Crippen LogP contribution in [0.5, 0.6) is 0 Å². The van der Waals surface area contributed by atoms with Crippen LogP contribution in [0.2, 0.25) is 5.02 Å². The number of rotatable bonds is 3. The minimum Gasteiger partial charge on any atom is -0.368 e. The van der Waals surface area contributed by atoms with E-state index in [1.165, 1.54) is 0 Å². The summed E-state index contributed by atoms with van der Waals surface area (Å²) in [6.45, 7) is 7.23. The first-order valence-corrected chi connectivity index (χ1v) is 10.3. The summed E-state index contributed by atoms with van der Waals surface area (Å²) in [4.78, 5) is 30.2. The minimum absolute atomic E-state index is 0.185. The molecule has 2 aromatic carbocycles. The van der Waals surface area contributed by atoms with Crippen molar-refractivity contribution in [3.05, 3.63) is 75.0 Å². The lowest BCUT2D eigenvalue weighted by molar-refractivity contribution is 0.0745. The van der Waals surface area contributed by atoms with Gasteiger partial charge in [-0.15, -0.1) is 0 Å². The van der Waals surface area contributed by atoms with Crippen molar-refractivity contribution in [1.82, 2.24) is 9.47 Å². The molecule has 0 saturated carbocycles. The summed E-state index contributed by atoms with van der Waals surface area (Å²) < 4.78 is 1.98. The second kappa shape index (κ2) is 7.91. The Morgan fingerprint density at radius 1 is 1.07 bits per heavy atom. The standard InChI is InChI=1S/C23H24ClN3O2/c1-3-25-15-20(22(28)19-13-16(2)7-8-21(19)25)23(29)27-11-9-26(10-12-27)18-6-4-5-17(24)14-18/h4-8,13-15H,3,9-12H2,1-2H3. The SMILES string of the molecule is CCn1cc(C(=O)N2CCN(c3cccc(Cl)c3)CC2)c(=O)c2cc(C)ccc21. The normalized spacial score (nSPS) is 14.4. The molecule has 1 aliphatic rings. The summed E-state index contributed by atoms with van der Waals surface area (Å²) >= 11 is 6.10. The molecule has 0 aliphatic carbocycles. The van der Waals surface area contributed by atoms with E-state index in [4.69, 9.17) is 11.6 Å². The number of fused-ring (bicyclic) bond motifs is 1. The lowest BCUT2D eigenvalue weighted by Gasteiger charge is -2.36. The Hall–Kier alpha value is -2.79. The Labute approximate surface area is 175 Å². The van der Waals surface area contributed by atoms with Crippen molar-refractivity contribution in [3.63, 3.8) is 0 Å². The molecule has 1 amide bonds. The molecule has 4 rings (SSSR count). The highest BCUT2D eigenvalue weighted by molar-refractivity contribution is 6.30. The van der Waals surface area contributed by atoms with Crippen LogP contribution in [-0.2, 0) is 6.54 Å². The van der Waals surface area contributed by atoms with Crippen molar-refractivity contribution in [2.75, 3.05) is 31.1 Å². The van der Waals surface area contributed by atoms with Crippen molar-refractivity contribution in [2.45, 2.75) is 20.4 Å². The number of carbonyl (C=O) groups is 1. The first-order valence-electron chi connectivity index (χ1n) is 9.91. The van der Waals surface area contributed by atoms with Gasteiger partial charge >= 0.3 is 0 Å². The van der Waals surface area contributed by atoms with Gasteiger partial charge in [-0.05, 0) is 44.2 Å². The third-order valence-electron chi connectivity index (χ3n) is 5.55. The molecule has 0 spiro atoms. The Morgan fingerprint density at radius 3 is 2.52 bits per heavy atom. The van der Waals surface area contributed by atoms with Crippen molar-refractivity contribution in [1.29, 1.82) is 0 Å². The van der Waals surface area contributed by atoms with Crippen molar-refractivity contribution < 1.29 is 4.79 Å². The number of pyridine rings is 1. The van der Waals surface area contributed by atoms with Crippen LogP contribution in [0.15, 0.2) is 53.5 Å². The number of amides is 1. The molecular formula is C23H24ClN3O2. The molecule has 0 atom stereocenters. The molecule has 3 aromatic rings. The van der Waals surface area contributed by atoms with Gasteiger partial charge in [-0.1, -0.05) is 29.3 Å². The smallest absolute Gasteiger partial charge is 0.259 e. The van der Waals surface area contributed by atoms with Gasteiger partial charge in [0, 0.05) is 55.0 Å². The molecule has 2 heterocycles. The highest BCUT2D eigenvalue weighted by atomic mass is 35.5. The number of aryl methyl sites for hydroxylation is 2. The summed E-state index contributed by atoms with van der Waals surface area (Å²) in [6.07, 6.45) is 1.71. The Kier molecular flexibility index (Phi) is 5.33. The van der Waals surface area contributed by atoms with E-state index >= 15 is 0 Å². The molecule has 5 nitrogen and oxygen atoms in total. The van der Waals surface area contributed by atoms with Crippen LogP contribution < -0.4 is 10.3 Å². The fourth-order valence-electron chi connectivity index (χ4n) is 3.94. The van der Waals surface area contributed by atoms with Gasteiger partial charge in [-0.2, -0.15) is 0 Å². The maximum Gasteiger partial charge on any atom is 0.259 e. The quantitative estimate of drug-likeness (QED) is 0.658. The Bertz CT molecular complexity index is 1130. The van der Waals surface area contributed by atoms with E-state index in [0.29, 0.717) is 43.1 Å². The zero-order valence-electron chi connectivity index (χ0n) is 16.7. The number of halogens is 1. The number of nitrogens with zero attached hydrogens (tertiary/aromatic N) is 3. The summed E-state index contributed by atoms with van der Waals surface area (Å²) in [5.41, 5.74) is 3.00. The third kappa shape index (κ3) is 3.75. The average Bonchev–Trinajstić information content (AvgIpc) is 2.74. The maximum absolute atomic E-state index is 13.2. The predicted octanol–water partition coefficient (Wildman–Crippen LogP) is 3.95. The molecule has 6 heteroatoms. The molecule has 0 unspecified atom stereocenters. The van der Waals surface area contributed by atoms with Gasteiger partial charge in [0.15, 0.2) is 0 Å². The van der Waals surface area contributed by atoms with Crippen molar-refractivity contribution in [2.24, 2.45) is 0 Å². The fraction of sp³-hybridized carbons (Fsp3) is 0.304. The first-order chi connectivity index (χ1) is 14.0. The van der Waals surface area contributed by atoms with E-state index in [2.05, 4.69) is 4.90 Å². The van der Waals surface area contributed by atoms with Crippen LogP contribution in [0.3, 0.4) is 0 Å². The van der Waals surface area contributed by atoms with E-state index in [-0.39, 0.29) is 16.9 Å². The van der Waals surface area contributed by atoms with Crippen molar-refractivity contribution >= 4 is 34.1 Å².